The molecule has 0 radical (unpaired) electrons. The van der Waals surface area contributed by atoms with Crippen LogP contribution in [0.1, 0.15) is 17.2 Å². The molecule has 1 saturated heterocycles. The fourth-order valence-corrected chi connectivity index (χ4v) is 4.19. The molecule has 0 bridgehead atoms. The van der Waals surface area contributed by atoms with E-state index in [4.69, 9.17) is 19.7 Å². The molecule has 1 aliphatic rings. The molecule has 5 nitrogen and oxygen atoms in total. The van der Waals surface area contributed by atoms with E-state index >= 15 is 0 Å². The summed E-state index contributed by atoms with van der Waals surface area (Å²) in [5, 5.41) is 15.3. The molecule has 1 N–H and O–H groups in total. The van der Waals surface area contributed by atoms with Crippen LogP contribution >= 0.6 is 0 Å². The fraction of sp³-hybridized carbons (Fsp3) is 0.138. The van der Waals surface area contributed by atoms with E-state index in [0.717, 1.165) is 18.8 Å². The molecular weight excluding hydrogens is 465 g/mol. The third-order valence-electron chi connectivity index (χ3n) is 5.74. The van der Waals surface area contributed by atoms with E-state index in [1.54, 1.807) is 0 Å². The summed E-state index contributed by atoms with van der Waals surface area (Å²) in [5.74, 6) is 0.940. The molecule has 35 heavy (non-hydrogen) atoms. The average Bonchev–Trinajstić information content (AvgIpc) is 2.85. The first-order valence-corrected chi connectivity index (χ1v) is 11.2. The summed E-state index contributed by atoms with van der Waals surface area (Å²) in [5.41, 5.74) is 5.10. The first kappa shape index (κ1) is 27.1. The molecule has 0 aromatic heterocycles. The fourth-order valence-electron chi connectivity index (χ4n) is 4.19. The van der Waals surface area contributed by atoms with Crippen LogP contribution in [0.3, 0.4) is 0 Å². The zero-order valence-corrected chi connectivity index (χ0v) is 22.8. The number of ether oxygens (including phenoxy) is 1. The molecule has 1 fully saturated rings. The van der Waals surface area contributed by atoms with Gasteiger partial charge >= 0.3 is 51.4 Å². The molecule has 0 amide bonds. The van der Waals surface area contributed by atoms with E-state index in [1.807, 2.05) is 6.07 Å². The Morgan fingerprint density at radius 2 is 1.14 bits per heavy atom. The van der Waals surface area contributed by atoms with Gasteiger partial charge in [-0.3, -0.25) is 4.90 Å². The summed E-state index contributed by atoms with van der Waals surface area (Å²) in [7, 11) is 0. The summed E-state index contributed by atoms with van der Waals surface area (Å²) in [6.07, 6.45) is -1.86. The Hall–Kier alpha value is -2.45. The Balaban J connectivity index is 0.000000638. The van der Waals surface area contributed by atoms with E-state index in [2.05, 4.69) is 114 Å². The van der Waals surface area contributed by atoms with Crippen LogP contribution in [0.2, 0.25) is 0 Å². The second-order valence-electron chi connectivity index (χ2n) is 8.07. The topological polar surface area (TPSA) is 72.8 Å². The van der Waals surface area contributed by atoms with Gasteiger partial charge < -0.3 is 19.7 Å². The third kappa shape index (κ3) is 7.77. The van der Waals surface area contributed by atoms with Gasteiger partial charge in [-0.25, -0.2) is 0 Å². The van der Waals surface area contributed by atoms with Crippen molar-refractivity contribution in [3.05, 3.63) is 126 Å². The number of nitrogens with zero attached hydrogens (tertiary/aromatic N) is 1. The van der Waals surface area contributed by atoms with E-state index < -0.39 is 6.16 Å². The first-order chi connectivity index (χ1) is 16.6. The summed E-state index contributed by atoms with van der Waals surface area (Å²) in [4.78, 5) is 10.9. The maximum absolute atomic E-state index is 8.44. The molecule has 1 heterocycles. The van der Waals surface area contributed by atoms with Crippen LogP contribution in [0.5, 0.6) is 5.75 Å². The number of benzene rings is 4. The van der Waals surface area contributed by atoms with Crippen molar-refractivity contribution in [2.45, 2.75) is 12.1 Å². The Kier molecular flexibility index (Phi) is 10.5. The van der Waals surface area contributed by atoms with Gasteiger partial charge in [-0.1, -0.05) is 103 Å². The smallest absolute Gasteiger partial charge is 0.565 e. The Labute approximate surface area is 248 Å². The van der Waals surface area contributed by atoms with Gasteiger partial charge in [0.05, 0.1) is 6.04 Å². The van der Waals surface area contributed by atoms with E-state index in [9.17, 15) is 0 Å². The minimum Gasteiger partial charge on any atom is -0.565 e. The Bertz CT molecular complexity index is 1120. The monoisotopic (exact) mass is 491 g/mol. The van der Waals surface area contributed by atoms with Crippen molar-refractivity contribution < 1.29 is 71.1 Å². The molecule has 5 rings (SSSR count). The zero-order valence-electron chi connectivity index (χ0n) is 19.7. The Morgan fingerprint density at radius 3 is 1.60 bits per heavy atom. The van der Waals surface area contributed by atoms with Crippen LogP contribution < -0.4 is 61.2 Å². The molecule has 0 spiro atoms. The molecule has 172 valence electrons. The molecule has 1 aliphatic heterocycles. The van der Waals surface area contributed by atoms with E-state index in [0.29, 0.717) is 0 Å². The van der Waals surface area contributed by atoms with Gasteiger partial charge in [-0.15, -0.1) is 0 Å². The molecule has 6 heteroatoms. The molecule has 0 saturated carbocycles. The number of carboxylic acid groups (broad SMARTS) is 2. The predicted octanol–water partition coefficient (Wildman–Crippen LogP) is 2.10. The summed E-state index contributed by atoms with van der Waals surface area (Å²) >= 11 is 0. The predicted molar refractivity (Wildman–Crippen MR) is 131 cm³/mol. The van der Waals surface area contributed by atoms with Crippen LogP contribution in [-0.2, 0) is 0 Å². The van der Waals surface area contributed by atoms with Gasteiger partial charge in [0, 0.05) is 13.1 Å². The van der Waals surface area contributed by atoms with Crippen molar-refractivity contribution >= 4 is 6.16 Å². The van der Waals surface area contributed by atoms with Crippen LogP contribution in [0, 0.1) is 0 Å². The SMILES string of the molecule is O=C([O-])O.[K+].c1ccc(-c2ccc(OC3CN(C(c4ccccc4)c4ccccc4)C3)cc2)cc1. The molecule has 4 aromatic carbocycles. The van der Waals surface area contributed by atoms with Gasteiger partial charge in [-0.2, -0.15) is 0 Å². The van der Waals surface area contributed by atoms with Crippen molar-refractivity contribution in [1.82, 2.24) is 4.90 Å². The first-order valence-electron chi connectivity index (χ1n) is 11.2. The van der Waals surface area contributed by atoms with Crippen molar-refractivity contribution in [2.24, 2.45) is 0 Å². The molecule has 0 unspecified atom stereocenters. The Morgan fingerprint density at radius 1 is 0.743 bits per heavy atom. The quantitative estimate of drug-likeness (QED) is 0.418. The maximum atomic E-state index is 8.44. The van der Waals surface area contributed by atoms with Crippen molar-refractivity contribution in [2.75, 3.05) is 13.1 Å². The van der Waals surface area contributed by atoms with Gasteiger partial charge in [-0.05, 0) is 34.4 Å². The van der Waals surface area contributed by atoms with Crippen molar-refractivity contribution in [3.8, 4) is 16.9 Å². The molecule has 0 atom stereocenters. The molecule has 0 aliphatic carbocycles. The number of rotatable bonds is 6. The van der Waals surface area contributed by atoms with Crippen LogP contribution in [0.15, 0.2) is 115 Å². The van der Waals surface area contributed by atoms with Crippen molar-refractivity contribution in [1.29, 1.82) is 0 Å². The van der Waals surface area contributed by atoms with E-state index in [1.165, 1.54) is 22.3 Å². The van der Waals surface area contributed by atoms with Crippen LogP contribution in [0.25, 0.3) is 11.1 Å². The maximum Gasteiger partial charge on any atom is 1.00 e. The number of hydrogen-bond acceptors (Lipinski definition) is 4. The number of carbonyl (C=O) groups is 1. The second-order valence-corrected chi connectivity index (χ2v) is 8.07. The summed E-state index contributed by atoms with van der Waals surface area (Å²) in [6, 6.07) is 40.6. The van der Waals surface area contributed by atoms with E-state index in [-0.39, 0.29) is 63.5 Å². The summed E-state index contributed by atoms with van der Waals surface area (Å²) < 4.78 is 6.25. The second kappa shape index (κ2) is 13.6. The normalized spacial score (nSPS) is 13.1. The largest absolute Gasteiger partial charge is 1.00 e. The minimum atomic E-state index is -2.08. The standard InChI is InChI=1S/C28H25NO.CH2O3.K/c1-4-10-22(11-5-1)23-16-18-26(19-17-23)30-27-20-29(21-27)28(24-12-6-2-7-13-24)25-14-8-3-9-15-25;2-1(3)4;/h1-19,27-28H,20-21H2;(H2,2,3,4);/q;;+1/p-1. The molecule has 4 aromatic rings. The van der Waals surface area contributed by atoms with Crippen molar-refractivity contribution in [3.63, 3.8) is 0 Å². The molecular formula is C29H26KNO4. The van der Waals surface area contributed by atoms with Gasteiger partial charge in [0.2, 0.25) is 6.16 Å². The summed E-state index contributed by atoms with van der Waals surface area (Å²) in [6.45, 7) is 1.85. The van der Waals surface area contributed by atoms with Gasteiger partial charge in [0.1, 0.15) is 11.9 Å². The average molecular weight is 492 g/mol. The number of likely N-dealkylation sites (tertiary alicyclic amines) is 1. The van der Waals surface area contributed by atoms with Crippen LogP contribution in [0.4, 0.5) is 4.79 Å². The van der Waals surface area contributed by atoms with Crippen LogP contribution in [-0.4, -0.2) is 35.4 Å². The zero-order chi connectivity index (χ0) is 23.8. The van der Waals surface area contributed by atoms with Gasteiger partial charge in [0.15, 0.2) is 0 Å². The third-order valence-corrected chi connectivity index (χ3v) is 5.74. The number of hydrogen-bond donors (Lipinski definition) is 1. The van der Waals surface area contributed by atoms with Gasteiger partial charge in [0.25, 0.3) is 0 Å². The minimum absolute atomic E-state index is 0.